The molecule has 3 rings (SSSR count). The molecule has 1 atom stereocenters. The third-order valence-electron chi connectivity index (χ3n) is 6.85. The molecule has 1 aliphatic heterocycles. The molecule has 3 nitrogen and oxygen atoms in total. The van der Waals surface area contributed by atoms with E-state index in [9.17, 15) is 9.65 Å². The summed E-state index contributed by atoms with van der Waals surface area (Å²) in [4.78, 5) is 2.46. The summed E-state index contributed by atoms with van der Waals surface area (Å²) >= 11 is 0. The van der Waals surface area contributed by atoms with Crippen molar-refractivity contribution in [3.63, 3.8) is 0 Å². The van der Waals surface area contributed by atoms with E-state index in [1.165, 1.54) is 31.4 Å². The standard InChI is InChI=1S/C27H35FN2O/c1-22(2)27(21-29,24-8-4-3-5-9-24)16-6-7-23-14-17-30(18-15-23)19-20-31-26-12-10-25(28)11-13-26/h3-5,8-13,22-23H,6-7,14-20H2,1-2H3. The van der Waals surface area contributed by atoms with Crippen LogP contribution < -0.4 is 4.74 Å². The number of rotatable bonds is 10. The number of hydrogen-bond acceptors (Lipinski definition) is 3. The van der Waals surface area contributed by atoms with E-state index in [1.807, 2.05) is 18.2 Å². The molecule has 1 unspecified atom stereocenters. The number of halogens is 1. The average molecular weight is 423 g/mol. The van der Waals surface area contributed by atoms with Crippen molar-refractivity contribution in [3.8, 4) is 11.8 Å². The Kier molecular flexibility index (Phi) is 8.49. The number of benzene rings is 2. The predicted molar refractivity (Wildman–Crippen MR) is 123 cm³/mol. The average Bonchev–Trinajstić information content (AvgIpc) is 2.79. The maximum atomic E-state index is 13.0. The van der Waals surface area contributed by atoms with E-state index in [-0.39, 0.29) is 11.2 Å². The Bertz CT molecular complexity index is 823. The highest BCUT2D eigenvalue weighted by Gasteiger charge is 2.35. The largest absolute Gasteiger partial charge is 0.492 e. The normalized spacial score (nSPS) is 17.3. The fourth-order valence-electron chi connectivity index (χ4n) is 4.74. The van der Waals surface area contributed by atoms with E-state index >= 15 is 0 Å². The molecular weight excluding hydrogens is 387 g/mol. The second kappa shape index (κ2) is 11.3. The van der Waals surface area contributed by atoms with Crippen LogP contribution in [-0.4, -0.2) is 31.1 Å². The summed E-state index contributed by atoms with van der Waals surface area (Å²) in [5.74, 6) is 1.52. The summed E-state index contributed by atoms with van der Waals surface area (Å²) in [6.07, 6.45) is 5.64. The molecule has 0 saturated carbocycles. The van der Waals surface area contributed by atoms with Crippen LogP contribution in [-0.2, 0) is 5.41 Å². The number of nitrogens with zero attached hydrogens (tertiary/aromatic N) is 2. The van der Waals surface area contributed by atoms with Gasteiger partial charge in [-0.3, -0.25) is 4.90 Å². The van der Waals surface area contributed by atoms with Crippen molar-refractivity contribution >= 4 is 0 Å². The van der Waals surface area contributed by atoms with Gasteiger partial charge < -0.3 is 4.74 Å². The van der Waals surface area contributed by atoms with Gasteiger partial charge in [-0.05, 0) is 74.0 Å². The summed E-state index contributed by atoms with van der Waals surface area (Å²) in [7, 11) is 0. The Hall–Kier alpha value is -2.38. The van der Waals surface area contributed by atoms with Gasteiger partial charge in [-0.1, -0.05) is 57.0 Å². The van der Waals surface area contributed by atoms with Crippen molar-refractivity contribution in [1.29, 1.82) is 5.26 Å². The van der Waals surface area contributed by atoms with Crippen LogP contribution in [0.1, 0.15) is 51.5 Å². The van der Waals surface area contributed by atoms with Crippen molar-refractivity contribution < 1.29 is 9.13 Å². The smallest absolute Gasteiger partial charge is 0.123 e. The molecule has 0 N–H and O–H groups in total. The predicted octanol–water partition coefficient (Wildman–Crippen LogP) is 6.20. The van der Waals surface area contributed by atoms with Gasteiger partial charge in [-0.15, -0.1) is 0 Å². The Balaban J connectivity index is 1.39. The molecule has 0 radical (unpaired) electrons. The first-order chi connectivity index (χ1) is 15.0. The topological polar surface area (TPSA) is 36.3 Å². The van der Waals surface area contributed by atoms with Gasteiger partial charge in [0, 0.05) is 6.54 Å². The monoisotopic (exact) mass is 422 g/mol. The van der Waals surface area contributed by atoms with Crippen molar-refractivity contribution in [2.45, 2.75) is 51.4 Å². The van der Waals surface area contributed by atoms with Crippen molar-refractivity contribution in [2.75, 3.05) is 26.2 Å². The SMILES string of the molecule is CC(C)C(C#N)(CCCC1CCN(CCOc2ccc(F)cc2)CC1)c1ccccc1. The fourth-order valence-corrected chi connectivity index (χ4v) is 4.74. The van der Waals surface area contributed by atoms with E-state index in [1.54, 1.807) is 12.1 Å². The third kappa shape index (κ3) is 6.31. The van der Waals surface area contributed by atoms with Crippen LogP contribution in [0.3, 0.4) is 0 Å². The summed E-state index contributed by atoms with van der Waals surface area (Å²) in [6.45, 7) is 8.08. The molecule has 0 aliphatic carbocycles. The van der Waals surface area contributed by atoms with Crippen molar-refractivity contribution in [3.05, 3.63) is 66.0 Å². The van der Waals surface area contributed by atoms with Gasteiger partial charge in [0.05, 0.1) is 11.5 Å². The fraction of sp³-hybridized carbons (Fsp3) is 0.519. The Morgan fingerprint density at radius 2 is 1.77 bits per heavy atom. The van der Waals surface area contributed by atoms with Gasteiger partial charge in [0.1, 0.15) is 18.2 Å². The highest BCUT2D eigenvalue weighted by molar-refractivity contribution is 5.33. The Morgan fingerprint density at radius 1 is 1.10 bits per heavy atom. The minimum Gasteiger partial charge on any atom is -0.492 e. The number of ether oxygens (including phenoxy) is 1. The minimum absolute atomic E-state index is 0.237. The molecule has 2 aromatic rings. The van der Waals surface area contributed by atoms with E-state index < -0.39 is 0 Å². The molecule has 31 heavy (non-hydrogen) atoms. The zero-order chi connectivity index (χ0) is 22.1. The second-order valence-corrected chi connectivity index (χ2v) is 9.08. The van der Waals surface area contributed by atoms with Gasteiger partial charge in [0.25, 0.3) is 0 Å². The molecular formula is C27H35FN2O. The summed E-state index contributed by atoms with van der Waals surface area (Å²) in [6, 6.07) is 19.2. The van der Waals surface area contributed by atoms with Gasteiger partial charge in [-0.2, -0.15) is 5.26 Å². The lowest BCUT2D eigenvalue weighted by Crippen LogP contribution is -2.36. The van der Waals surface area contributed by atoms with Crippen LogP contribution in [0.2, 0.25) is 0 Å². The van der Waals surface area contributed by atoms with Crippen LogP contribution in [0, 0.1) is 29.0 Å². The molecule has 166 valence electrons. The van der Waals surface area contributed by atoms with Gasteiger partial charge in [0.15, 0.2) is 0 Å². The first-order valence-electron chi connectivity index (χ1n) is 11.6. The number of likely N-dealkylation sites (tertiary alicyclic amines) is 1. The lowest BCUT2D eigenvalue weighted by molar-refractivity contribution is 0.149. The van der Waals surface area contributed by atoms with Gasteiger partial charge in [0.2, 0.25) is 0 Å². The number of hydrogen-bond donors (Lipinski definition) is 0. The van der Waals surface area contributed by atoms with Crippen molar-refractivity contribution in [2.24, 2.45) is 11.8 Å². The maximum absolute atomic E-state index is 13.0. The first-order valence-corrected chi connectivity index (χ1v) is 11.6. The molecule has 1 saturated heterocycles. The van der Waals surface area contributed by atoms with Gasteiger partial charge >= 0.3 is 0 Å². The first kappa shape index (κ1) is 23.3. The molecule has 0 aromatic heterocycles. The summed E-state index contributed by atoms with van der Waals surface area (Å²) < 4.78 is 18.7. The van der Waals surface area contributed by atoms with E-state index in [4.69, 9.17) is 4.74 Å². The zero-order valence-electron chi connectivity index (χ0n) is 18.9. The van der Waals surface area contributed by atoms with E-state index in [2.05, 4.69) is 36.9 Å². The molecule has 4 heteroatoms. The summed E-state index contributed by atoms with van der Waals surface area (Å²) in [5.41, 5.74) is 0.767. The van der Waals surface area contributed by atoms with Gasteiger partial charge in [-0.25, -0.2) is 4.39 Å². The molecule has 1 fully saturated rings. The molecule has 1 aliphatic rings. The van der Waals surface area contributed by atoms with Crippen LogP contribution in [0.25, 0.3) is 0 Å². The van der Waals surface area contributed by atoms with E-state index in [0.717, 1.165) is 49.7 Å². The highest BCUT2D eigenvalue weighted by atomic mass is 19.1. The number of nitriles is 1. The zero-order valence-corrected chi connectivity index (χ0v) is 18.9. The third-order valence-corrected chi connectivity index (χ3v) is 6.85. The van der Waals surface area contributed by atoms with Crippen LogP contribution in [0.4, 0.5) is 4.39 Å². The molecule has 1 heterocycles. The summed E-state index contributed by atoms with van der Waals surface area (Å²) in [5, 5.41) is 10.1. The molecule has 0 spiro atoms. The lowest BCUT2D eigenvalue weighted by atomic mass is 9.69. The van der Waals surface area contributed by atoms with Crippen LogP contribution in [0.5, 0.6) is 5.75 Å². The molecule has 0 bridgehead atoms. The van der Waals surface area contributed by atoms with Crippen molar-refractivity contribution in [1.82, 2.24) is 4.90 Å². The lowest BCUT2D eigenvalue weighted by Gasteiger charge is -2.34. The minimum atomic E-state index is -0.389. The Labute approximate surface area is 186 Å². The molecule has 2 aromatic carbocycles. The molecule has 0 amide bonds. The quantitative estimate of drug-likeness (QED) is 0.457. The van der Waals surface area contributed by atoms with E-state index in [0.29, 0.717) is 12.5 Å². The van der Waals surface area contributed by atoms with Crippen LogP contribution >= 0.6 is 0 Å². The van der Waals surface area contributed by atoms with Crippen LogP contribution in [0.15, 0.2) is 54.6 Å². The highest BCUT2D eigenvalue weighted by Crippen LogP contribution is 2.37. The maximum Gasteiger partial charge on any atom is 0.123 e. The number of piperidine rings is 1. The Morgan fingerprint density at radius 3 is 2.39 bits per heavy atom. The second-order valence-electron chi connectivity index (χ2n) is 9.08.